The van der Waals surface area contributed by atoms with Crippen LogP contribution in [0, 0.1) is 12.8 Å². The monoisotopic (exact) mass is 382 g/mol. The molecule has 142 valence electrons. The second-order valence-corrected chi connectivity index (χ2v) is 8.64. The van der Waals surface area contributed by atoms with Gasteiger partial charge in [-0.15, -0.1) is 0 Å². The molecule has 2 aliphatic heterocycles. The van der Waals surface area contributed by atoms with Crippen molar-refractivity contribution in [2.45, 2.75) is 44.2 Å². The molecule has 3 aliphatic rings. The van der Waals surface area contributed by atoms with Crippen LogP contribution in [-0.2, 0) is 0 Å². The molecule has 1 unspecified atom stereocenters. The number of halogens is 1. The zero-order valence-corrected chi connectivity index (χ0v) is 16.8. The number of piperidine rings is 2. The first-order valence-corrected chi connectivity index (χ1v) is 10.2. The number of carbonyl (C=O) groups excluding carboxylic acids is 1. The normalized spacial score (nSPS) is 26.0. The van der Waals surface area contributed by atoms with Crippen LogP contribution in [0.25, 0.3) is 0 Å². The van der Waals surface area contributed by atoms with E-state index in [2.05, 4.69) is 41.5 Å². The Morgan fingerprint density at radius 2 is 1.89 bits per heavy atom. The van der Waals surface area contributed by atoms with Gasteiger partial charge >= 0.3 is 0 Å². The van der Waals surface area contributed by atoms with Gasteiger partial charge in [0.05, 0.1) is 6.04 Å². The number of hydrogen-bond acceptors (Lipinski definition) is 2. The molecule has 3 fully saturated rings. The van der Waals surface area contributed by atoms with E-state index in [1.54, 1.807) is 6.07 Å². The Kier molecular flexibility index (Phi) is 5.00. The molecule has 0 spiro atoms. The summed E-state index contributed by atoms with van der Waals surface area (Å²) in [6.45, 7) is 3.06. The van der Waals surface area contributed by atoms with Gasteiger partial charge in [-0.25, -0.2) is 0 Å². The molecule has 1 amide bonds. The average molecular weight is 383 g/mol. The first kappa shape index (κ1) is 18.5. The van der Waals surface area contributed by atoms with Gasteiger partial charge < -0.3 is 5.32 Å². The lowest BCUT2D eigenvalue weighted by Gasteiger charge is -2.57. The largest absolute Gasteiger partial charge is 0.343 e. The quantitative estimate of drug-likeness (QED) is 0.807. The number of benzene rings is 2. The van der Waals surface area contributed by atoms with Gasteiger partial charge in [-0.2, -0.15) is 0 Å². The van der Waals surface area contributed by atoms with Crippen LogP contribution in [0.15, 0.2) is 48.5 Å². The SMILES string of the molecule is Cc1cc(Cl)ccc1C(=O)NC(c1ccccc1)C12CCC(CC1)CN2C. The molecule has 2 saturated heterocycles. The van der Waals surface area contributed by atoms with E-state index < -0.39 is 0 Å². The fourth-order valence-electron chi connectivity index (χ4n) is 5.08. The lowest BCUT2D eigenvalue weighted by Crippen LogP contribution is -2.62. The van der Waals surface area contributed by atoms with Crippen LogP contribution in [0.3, 0.4) is 0 Å². The van der Waals surface area contributed by atoms with Crippen LogP contribution in [0.2, 0.25) is 5.02 Å². The van der Waals surface area contributed by atoms with Gasteiger partial charge in [-0.1, -0.05) is 41.9 Å². The molecule has 0 aromatic heterocycles. The highest BCUT2D eigenvalue weighted by atomic mass is 35.5. The molecular weight excluding hydrogens is 356 g/mol. The van der Waals surface area contributed by atoms with E-state index in [1.807, 2.05) is 25.1 Å². The second-order valence-electron chi connectivity index (χ2n) is 8.20. The van der Waals surface area contributed by atoms with Gasteiger partial charge in [0, 0.05) is 22.7 Å². The first-order valence-electron chi connectivity index (χ1n) is 9.83. The maximum atomic E-state index is 13.2. The van der Waals surface area contributed by atoms with Crippen LogP contribution in [0.1, 0.15) is 53.2 Å². The van der Waals surface area contributed by atoms with Gasteiger partial charge in [0.15, 0.2) is 0 Å². The zero-order chi connectivity index (χ0) is 19.0. The summed E-state index contributed by atoms with van der Waals surface area (Å²) in [5.41, 5.74) is 2.78. The molecule has 3 nitrogen and oxygen atoms in total. The minimum Gasteiger partial charge on any atom is -0.343 e. The van der Waals surface area contributed by atoms with Crippen molar-refractivity contribution < 1.29 is 4.79 Å². The number of aryl methyl sites for hydroxylation is 1. The van der Waals surface area contributed by atoms with Crippen molar-refractivity contribution in [3.8, 4) is 0 Å². The summed E-state index contributed by atoms with van der Waals surface area (Å²) in [6, 6.07) is 15.9. The highest BCUT2D eigenvalue weighted by Gasteiger charge is 2.50. The van der Waals surface area contributed by atoms with Crippen LogP contribution in [-0.4, -0.2) is 29.9 Å². The molecule has 2 bridgehead atoms. The van der Waals surface area contributed by atoms with Crippen molar-refractivity contribution >= 4 is 17.5 Å². The molecule has 1 aliphatic carbocycles. The maximum Gasteiger partial charge on any atom is 0.252 e. The number of carbonyl (C=O) groups is 1. The van der Waals surface area contributed by atoms with E-state index >= 15 is 0 Å². The van der Waals surface area contributed by atoms with Gasteiger partial charge in [0.2, 0.25) is 0 Å². The number of nitrogens with one attached hydrogen (secondary N) is 1. The van der Waals surface area contributed by atoms with Crippen molar-refractivity contribution in [2.24, 2.45) is 5.92 Å². The molecular formula is C23H27ClN2O. The lowest BCUT2D eigenvalue weighted by molar-refractivity contribution is -0.0404. The number of hydrogen-bond donors (Lipinski definition) is 1. The molecule has 1 N–H and O–H groups in total. The summed E-state index contributed by atoms with van der Waals surface area (Å²) in [5, 5.41) is 4.06. The van der Waals surface area contributed by atoms with E-state index in [-0.39, 0.29) is 17.5 Å². The molecule has 4 heteroatoms. The third-order valence-corrected chi connectivity index (χ3v) is 6.88. The maximum absolute atomic E-state index is 13.2. The lowest BCUT2D eigenvalue weighted by atomic mass is 9.65. The summed E-state index contributed by atoms with van der Waals surface area (Å²) in [6.07, 6.45) is 4.77. The summed E-state index contributed by atoms with van der Waals surface area (Å²) in [7, 11) is 2.22. The number of likely N-dealkylation sites (N-methyl/N-ethyl adjacent to an activating group) is 1. The van der Waals surface area contributed by atoms with Crippen molar-refractivity contribution in [2.75, 3.05) is 13.6 Å². The predicted octanol–water partition coefficient (Wildman–Crippen LogP) is 4.99. The minimum atomic E-state index is -0.0208. The van der Waals surface area contributed by atoms with Crippen molar-refractivity contribution in [1.29, 1.82) is 0 Å². The average Bonchev–Trinajstić information content (AvgIpc) is 2.67. The summed E-state index contributed by atoms with van der Waals surface area (Å²) in [4.78, 5) is 15.7. The summed E-state index contributed by atoms with van der Waals surface area (Å²) >= 11 is 6.08. The van der Waals surface area contributed by atoms with Gasteiger partial charge in [0.1, 0.15) is 0 Å². The highest BCUT2D eigenvalue weighted by Crippen LogP contribution is 2.49. The zero-order valence-electron chi connectivity index (χ0n) is 16.0. The Labute approximate surface area is 166 Å². The van der Waals surface area contributed by atoms with Crippen LogP contribution in [0.4, 0.5) is 0 Å². The standard InChI is InChI=1S/C23H27ClN2O/c1-16-14-19(24)8-9-20(16)22(27)25-21(18-6-4-3-5-7-18)23-12-10-17(11-13-23)15-26(23)2/h3-9,14,17,21H,10-13,15H2,1-2H3,(H,25,27). The molecule has 2 aromatic carbocycles. The molecule has 2 aromatic rings. The van der Waals surface area contributed by atoms with Gasteiger partial charge in [-0.3, -0.25) is 9.69 Å². The molecule has 0 radical (unpaired) electrons. The minimum absolute atomic E-state index is 0.00784. The van der Waals surface area contributed by atoms with E-state index in [0.717, 1.165) is 30.9 Å². The Bertz CT molecular complexity index is 828. The van der Waals surface area contributed by atoms with Crippen molar-refractivity contribution in [3.05, 3.63) is 70.2 Å². The fraction of sp³-hybridized carbons (Fsp3) is 0.435. The molecule has 1 atom stereocenters. The number of fused-ring (bicyclic) bond motifs is 3. The molecule has 27 heavy (non-hydrogen) atoms. The summed E-state index contributed by atoms with van der Waals surface area (Å²) in [5.74, 6) is 0.788. The van der Waals surface area contributed by atoms with Crippen LogP contribution >= 0.6 is 11.6 Å². The van der Waals surface area contributed by atoms with E-state index in [9.17, 15) is 4.79 Å². The Hall–Kier alpha value is -1.84. The van der Waals surface area contributed by atoms with E-state index in [0.29, 0.717) is 10.6 Å². The van der Waals surface area contributed by atoms with Crippen molar-refractivity contribution in [1.82, 2.24) is 10.2 Å². The number of rotatable bonds is 4. The van der Waals surface area contributed by atoms with Gasteiger partial charge in [-0.05, 0) is 74.9 Å². The van der Waals surface area contributed by atoms with E-state index in [4.69, 9.17) is 11.6 Å². The second kappa shape index (κ2) is 7.29. The highest BCUT2D eigenvalue weighted by molar-refractivity contribution is 6.30. The molecule has 5 rings (SSSR count). The topological polar surface area (TPSA) is 32.3 Å². The smallest absolute Gasteiger partial charge is 0.252 e. The number of nitrogens with zero attached hydrogens (tertiary/aromatic N) is 1. The Balaban J connectivity index is 1.70. The number of amides is 1. The molecule has 2 heterocycles. The molecule has 1 saturated carbocycles. The van der Waals surface area contributed by atoms with Crippen molar-refractivity contribution in [3.63, 3.8) is 0 Å². The van der Waals surface area contributed by atoms with Crippen LogP contribution < -0.4 is 5.32 Å². The predicted molar refractivity (Wildman–Crippen MR) is 110 cm³/mol. The third-order valence-electron chi connectivity index (χ3n) is 6.64. The van der Waals surface area contributed by atoms with E-state index in [1.165, 1.54) is 18.4 Å². The third kappa shape index (κ3) is 3.39. The van der Waals surface area contributed by atoms with Crippen LogP contribution in [0.5, 0.6) is 0 Å². The first-order chi connectivity index (χ1) is 13.0. The van der Waals surface area contributed by atoms with Gasteiger partial charge in [0.25, 0.3) is 5.91 Å². The summed E-state index contributed by atoms with van der Waals surface area (Å²) < 4.78 is 0. The fourth-order valence-corrected chi connectivity index (χ4v) is 5.31. The Morgan fingerprint density at radius 3 is 2.52 bits per heavy atom. The Morgan fingerprint density at radius 1 is 1.19 bits per heavy atom.